The minimum atomic E-state index is -0.0549. The molecule has 0 bridgehead atoms. The normalized spacial score (nSPS) is 10.5. The van der Waals surface area contributed by atoms with Gasteiger partial charge in [-0.3, -0.25) is 4.79 Å². The Balaban J connectivity index is 1.99. The molecule has 0 fully saturated rings. The van der Waals surface area contributed by atoms with Crippen LogP contribution in [0.5, 0.6) is 5.75 Å². The summed E-state index contributed by atoms with van der Waals surface area (Å²) in [6, 6.07) is 17.3. The van der Waals surface area contributed by atoms with Gasteiger partial charge in [-0.1, -0.05) is 43.0 Å². The van der Waals surface area contributed by atoms with Gasteiger partial charge in [0.2, 0.25) is 5.78 Å². The van der Waals surface area contributed by atoms with E-state index in [0.29, 0.717) is 16.2 Å². The third-order valence-electron chi connectivity index (χ3n) is 3.36. The summed E-state index contributed by atoms with van der Waals surface area (Å²) in [4.78, 5) is 13.3. The lowest BCUT2D eigenvalue weighted by Gasteiger charge is -2.09. The molecule has 3 aromatic rings. The minimum Gasteiger partial charge on any atom is -0.496 e. The number of hydrogen-bond donors (Lipinski definition) is 0. The van der Waals surface area contributed by atoms with E-state index in [2.05, 4.69) is 6.58 Å². The number of carbonyl (C=O) groups is 1. The Kier molecular flexibility index (Phi) is 3.59. The molecule has 21 heavy (non-hydrogen) atoms. The van der Waals surface area contributed by atoms with E-state index < -0.39 is 0 Å². The number of allylic oxidation sites excluding steroid dienone is 1. The molecule has 3 rings (SSSR count). The highest BCUT2D eigenvalue weighted by molar-refractivity contribution is 7.21. The van der Waals surface area contributed by atoms with Crippen molar-refractivity contribution in [3.05, 3.63) is 71.6 Å². The molecule has 0 aliphatic carbocycles. The minimum absolute atomic E-state index is 0.0549. The first-order valence-corrected chi connectivity index (χ1v) is 7.38. The standard InChI is InChI=1S/C18H14O2S/c1-12(14-8-4-5-9-15(14)20-2)18(19)17-11-13-7-3-6-10-16(13)21-17/h3-11H,1H2,2H3. The van der Waals surface area contributed by atoms with Gasteiger partial charge in [0.15, 0.2) is 0 Å². The predicted molar refractivity (Wildman–Crippen MR) is 88.2 cm³/mol. The molecule has 0 amide bonds. The molecule has 0 aliphatic heterocycles. The van der Waals surface area contributed by atoms with Crippen molar-refractivity contribution >= 4 is 32.8 Å². The number of Topliss-reactive ketones (excluding diaryl/α,β-unsaturated/α-hetero) is 1. The fraction of sp³-hybridized carbons (Fsp3) is 0.0556. The lowest BCUT2D eigenvalue weighted by atomic mass is 10.0. The highest BCUT2D eigenvalue weighted by Crippen LogP contribution is 2.31. The van der Waals surface area contributed by atoms with Crippen molar-refractivity contribution in [1.29, 1.82) is 0 Å². The molecule has 104 valence electrons. The van der Waals surface area contributed by atoms with Crippen LogP contribution in [0.2, 0.25) is 0 Å². The Morgan fingerprint density at radius 3 is 2.57 bits per heavy atom. The van der Waals surface area contributed by atoms with Crippen LogP contribution in [-0.4, -0.2) is 12.9 Å². The number of fused-ring (bicyclic) bond motifs is 1. The molecule has 2 nitrogen and oxygen atoms in total. The fourth-order valence-electron chi connectivity index (χ4n) is 2.26. The van der Waals surface area contributed by atoms with Crippen molar-refractivity contribution in [2.75, 3.05) is 7.11 Å². The number of benzene rings is 2. The molecular weight excluding hydrogens is 280 g/mol. The van der Waals surface area contributed by atoms with E-state index in [1.54, 1.807) is 7.11 Å². The Bertz CT molecular complexity index is 797. The van der Waals surface area contributed by atoms with Gasteiger partial charge < -0.3 is 4.74 Å². The highest BCUT2D eigenvalue weighted by atomic mass is 32.1. The van der Waals surface area contributed by atoms with Crippen LogP contribution >= 0.6 is 11.3 Å². The molecule has 0 unspecified atom stereocenters. The maximum Gasteiger partial charge on any atom is 0.203 e. The van der Waals surface area contributed by atoms with Gasteiger partial charge in [0.1, 0.15) is 5.75 Å². The Morgan fingerprint density at radius 2 is 1.81 bits per heavy atom. The number of ketones is 1. The summed E-state index contributed by atoms with van der Waals surface area (Å²) >= 11 is 1.49. The van der Waals surface area contributed by atoms with Gasteiger partial charge in [-0.25, -0.2) is 0 Å². The molecule has 0 saturated carbocycles. The second kappa shape index (κ2) is 5.54. The Labute approximate surface area is 127 Å². The summed E-state index contributed by atoms with van der Waals surface area (Å²) in [5.74, 6) is 0.609. The van der Waals surface area contributed by atoms with Crippen molar-refractivity contribution in [3.63, 3.8) is 0 Å². The van der Waals surface area contributed by atoms with Crippen LogP contribution in [0, 0.1) is 0 Å². The van der Waals surface area contributed by atoms with Gasteiger partial charge in [-0.15, -0.1) is 11.3 Å². The van der Waals surface area contributed by atoms with E-state index in [4.69, 9.17) is 4.74 Å². The summed E-state index contributed by atoms with van der Waals surface area (Å²) in [5, 5.41) is 1.08. The number of para-hydroxylation sites is 1. The molecule has 0 spiro atoms. The summed E-state index contributed by atoms with van der Waals surface area (Å²) < 4.78 is 6.41. The highest BCUT2D eigenvalue weighted by Gasteiger charge is 2.17. The first-order chi connectivity index (χ1) is 10.2. The zero-order chi connectivity index (χ0) is 14.8. The third-order valence-corrected chi connectivity index (χ3v) is 4.47. The summed E-state index contributed by atoms with van der Waals surface area (Å²) in [7, 11) is 1.59. The first-order valence-electron chi connectivity index (χ1n) is 6.56. The smallest absolute Gasteiger partial charge is 0.203 e. The maximum absolute atomic E-state index is 12.6. The molecule has 3 heteroatoms. The van der Waals surface area contributed by atoms with Crippen molar-refractivity contribution in [3.8, 4) is 5.75 Å². The van der Waals surface area contributed by atoms with Crippen molar-refractivity contribution in [2.45, 2.75) is 0 Å². The number of methoxy groups -OCH3 is 1. The van der Waals surface area contributed by atoms with Crippen LogP contribution in [0.1, 0.15) is 15.2 Å². The maximum atomic E-state index is 12.6. The van der Waals surface area contributed by atoms with Gasteiger partial charge in [0, 0.05) is 15.8 Å². The quantitative estimate of drug-likeness (QED) is 0.510. The van der Waals surface area contributed by atoms with E-state index in [9.17, 15) is 4.79 Å². The third kappa shape index (κ3) is 2.48. The molecule has 0 radical (unpaired) electrons. The zero-order valence-electron chi connectivity index (χ0n) is 11.6. The Morgan fingerprint density at radius 1 is 1.10 bits per heavy atom. The second-order valence-corrected chi connectivity index (χ2v) is 5.74. The number of ether oxygens (including phenoxy) is 1. The topological polar surface area (TPSA) is 26.3 Å². The average molecular weight is 294 g/mol. The van der Waals surface area contributed by atoms with Crippen LogP contribution in [-0.2, 0) is 0 Å². The monoisotopic (exact) mass is 294 g/mol. The largest absolute Gasteiger partial charge is 0.496 e. The van der Waals surface area contributed by atoms with E-state index >= 15 is 0 Å². The average Bonchev–Trinajstić information content (AvgIpc) is 2.97. The van der Waals surface area contributed by atoms with Crippen molar-refractivity contribution < 1.29 is 9.53 Å². The zero-order valence-corrected chi connectivity index (χ0v) is 12.4. The van der Waals surface area contributed by atoms with E-state index in [-0.39, 0.29) is 5.78 Å². The van der Waals surface area contributed by atoms with Gasteiger partial charge >= 0.3 is 0 Å². The Hall–Kier alpha value is -2.39. The lowest BCUT2D eigenvalue weighted by molar-refractivity contribution is 0.106. The molecule has 0 saturated heterocycles. The lowest BCUT2D eigenvalue weighted by Crippen LogP contribution is -2.01. The molecular formula is C18H14O2S. The van der Waals surface area contributed by atoms with E-state index in [1.807, 2.05) is 54.6 Å². The van der Waals surface area contributed by atoms with E-state index in [0.717, 1.165) is 15.6 Å². The van der Waals surface area contributed by atoms with Crippen molar-refractivity contribution in [2.24, 2.45) is 0 Å². The molecule has 1 aromatic heterocycles. The number of hydrogen-bond acceptors (Lipinski definition) is 3. The van der Waals surface area contributed by atoms with Crippen LogP contribution < -0.4 is 4.74 Å². The van der Waals surface area contributed by atoms with Crippen LogP contribution in [0.15, 0.2) is 61.2 Å². The molecule has 2 aromatic carbocycles. The number of thiophene rings is 1. The summed E-state index contributed by atoms with van der Waals surface area (Å²) in [6.07, 6.45) is 0. The van der Waals surface area contributed by atoms with Gasteiger partial charge in [0.05, 0.1) is 12.0 Å². The number of carbonyl (C=O) groups excluding carboxylic acids is 1. The van der Waals surface area contributed by atoms with E-state index in [1.165, 1.54) is 11.3 Å². The van der Waals surface area contributed by atoms with Gasteiger partial charge in [-0.05, 0) is 23.6 Å². The summed E-state index contributed by atoms with van der Waals surface area (Å²) in [6.45, 7) is 3.96. The van der Waals surface area contributed by atoms with Crippen LogP contribution in [0.25, 0.3) is 15.7 Å². The second-order valence-electron chi connectivity index (χ2n) is 4.66. The van der Waals surface area contributed by atoms with Crippen molar-refractivity contribution in [1.82, 2.24) is 0 Å². The van der Waals surface area contributed by atoms with Gasteiger partial charge in [0.25, 0.3) is 0 Å². The fourth-order valence-corrected chi connectivity index (χ4v) is 3.29. The first kappa shape index (κ1) is 13.6. The molecule has 0 atom stereocenters. The molecule has 0 aliphatic rings. The molecule has 0 N–H and O–H groups in total. The predicted octanol–water partition coefficient (Wildman–Crippen LogP) is 4.81. The van der Waals surface area contributed by atoms with Crippen LogP contribution in [0.3, 0.4) is 0 Å². The number of rotatable bonds is 4. The molecule has 1 heterocycles. The SMILES string of the molecule is C=C(C(=O)c1cc2ccccc2s1)c1ccccc1OC. The van der Waals surface area contributed by atoms with Crippen LogP contribution in [0.4, 0.5) is 0 Å². The van der Waals surface area contributed by atoms with Gasteiger partial charge in [-0.2, -0.15) is 0 Å². The summed E-state index contributed by atoms with van der Waals surface area (Å²) in [5.41, 5.74) is 1.20.